The molecule has 3 rings (SSSR count). The molecule has 2 aromatic heterocycles. The van der Waals surface area contributed by atoms with Gasteiger partial charge in [-0.1, -0.05) is 29.8 Å². The first-order valence-electron chi connectivity index (χ1n) is 6.36. The van der Waals surface area contributed by atoms with E-state index >= 15 is 0 Å². The SMILES string of the molecule is Clc1ccc(CSc2nnc3n2CCCCC3)nn1. The summed E-state index contributed by atoms with van der Waals surface area (Å²) in [5, 5.41) is 17.8. The van der Waals surface area contributed by atoms with Crippen LogP contribution in [0.1, 0.15) is 30.8 Å². The highest BCUT2D eigenvalue weighted by Gasteiger charge is 2.15. The van der Waals surface area contributed by atoms with Crippen LogP contribution in [0.5, 0.6) is 0 Å². The van der Waals surface area contributed by atoms with Crippen molar-refractivity contribution in [3.63, 3.8) is 0 Å². The topological polar surface area (TPSA) is 56.5 Å². The van der Waals surface area contributed by atoms with Gasteiger partial charge in [-0.05, 0) is 25.0 Å². The molecule has 0 atom stereocenters. The van der Waals surface area contributed by atoms with Gasteiger partial charge in [0.25, 0.3) is 0 Å². The molecule has 19 heavy (non-hydrogen) atoms. The summed E-state index contributed by atoms with van der Waals surface area (Å²) in [6, 6.07) is 3.65. The number of aromatic nitrogens is 5. The van der Waals surface area contributed by atoms with Gasteiger partial charge in [-0.15, -0.1) is 15.3 Å². The van der Waals surface area contributed by atoms with Gasteiger partial charge in [-0.3, -0.25) is 0 Å². The number of hydrogen-bond acceptors (Lipinski definition) is 5. The van der Waals surface area contributed by atoms with Crippen molar-refractivity contribution in [1.82, 2.24) is 25.0 Å². The number of halogens is 1. The van der Waals surface area contributed by atoms with E-state index in [2.05, 4.69) is 25.0 Å². The third-order valence-electron chi connectivity index (χ3n) is 3.11. The first kappa shape index (κ1) is 12.9. The average Bonchev–Trinajstić information content (AvgIpc) is 2.66. The van der Waals surface area contributed by atoms with E-state index in [1.807, 2.05) is 6.07 Å². The third-order valence-corrected chi connectivity index (χ3v) is 4.31. The predicted molar refractivity (Wildman–Crippen MR) is 74.2 cm³/mol. The van der Waals surface area contributed by atoms with E-state index in [0.29, 0.717) is 5.15 Å². The second-order valence-electron chi connectivity index (χ2n) is 4.50. The van der Waals surface area contributed by atoms with Crippen LogP contribution in [0.3, 0.4) is 0 Å². The number of rotatable bonds is 3. The summed E-state index contributed by atoms with van der Waals surface area (Å²) in [5.74, 6) is 1.85. The van der Waals surface area contributed by atoms with Gasteiger partial charge in [0.05, 0.1) is 5.69 Å². The standard InChI is InChI=1S/C12H14ClN5S/c13-10-6-5-9(14-15-10)8-19-12-17-16-11-4-2-1-3-7-18(11)12/h5-6H,1-4,7-8H2. The predicted octanol–water partition coefficient (Wildman–Crippen LogP) is 2.74. The third kappa shape index (κ3) is 3.06. The van der Waals surface area contributed by atoms with Gasteiger partial charge < -0.3 is 4.57 Å². The van der Waals surface area contributed by atoms with Crippen LogP contribution in [0.15, 0.2) is 17.3 Å². The van der Waals surface area contributed by atoms with E-state index in [9.17, 15) is 0 Å². The van der Waals surface area contributed by atoms with Crippen LogP contribution in [0.25, 0.3) is 0 Å². The number of nitrogens with zero attached hydrogens (tertiary/aromatic N) is 5. The Bertz CT molecular complexity index is 554. The Morgan fingerprint density at radius 2 is 2.05 bits per heavy atom. The van der Waals surface area contributed by atoms with Crippen molar-refractivity contribution >= 4 is 23.4 Å². The highest BCUT2D eigenvalue weighted by atomic mass is 35.5. The molecular formula is C12H14ClN5S. The fourth-order valence-corrected chi connectivity index (χ4v) is 3.11. The van der Waals surface area contributed by atoms with Gasteiger partial charge in [-0.25, -0.2) is 0 Å². The Hall–Kier alpha value is -1.14. The molecule has 3 heterocycles. The van der Waals surface area contributed by atoms with Gasteiger partial charge in [-0.2, -0.15) is 5.10 Å². The Morgan fingerprint density at radius 1 is 1.11 bits per heavy atom. The van der Waals surface area contributed by atoms with E-state index in [0.717, 1.165) is 35.4 Å². The number of aryl methyl sites for hydroxylation is 1. The molecule has 0 radical (unpaired) electrons. The molecule has 0 aromatic carbocycles. The molecule has 0 fully saturated rings. The maximum Gasteiger partial charge on any atom is 0.191 e. The average molecular weight is 296 g/mol. The van der Waals surface area contributed by atoms with Crippen LogP contribution in [0.2, 0.25) is 5.15 Å². The molecule has 0 bridgehead atoms. The van der Waals surface area contributed by atoms with Crippen molar-refractivity contribution in [2.24, 2.45) is 0 Å². The summed E-state index contributed by atoms with van der Waals surface area (Å²) in [5.41, 5.74) is 0.903. The van der Waals surface area contributed by atoms with Crippen LogP contribution >= 0.6 is 23.4 Å². The quantitative estimate of drug-likeness (QED) is 0.815. The van der Waals surface area contributed by atoms with Gasteiger partial charge in [0.2, 0.25) is 0 Å². The minimum absolute atomic E-state index is 0.421. The molecular weight excluding hydrogens is 282 g/mol. The summed E-state index contributed by atoms with van der Waals surface area (Å²) >= 11 is 7.37. The van der Waals surface area contributed by atoms with Crippen LogP contribution in [-0.2, 0) is 18.7 Å². The zero-order valence-electron chi connectivity index (χ0n) is 10.4. The Labute approximate surface area is 120 Å². The molecule has 0 N–H and O–H groups in total. The summed E-state index contributed by atoms with van der Waals surface area (Å²) in [6.07, 6.45) is 4.73. The lowest BCUT2D eigenvalue weighted by atomic mass is 10.2. The highest BCUT2D eigenvalue weighted by molar-refractivity contribution is 7.98. The Balaban J connectivity index is 1.70. The Morgan fingerprint density at radius 3 is 2.89 bits per heavy atom. The van der Waals surface area contributed by atoms with Crippen LogP contribution in [-0.4, -0.2) is 25.0 Å². The molecule has 100 valence electrons. The summed E-state index contributed by atoms with van der Waals surface area (Å²) in [6.45, 7) is 1.02. The fourth-order valence-electron chi connectivity index (χ4n) is 2.12. The first-order valence-corrected chi connectivity index (χ1v) is 7.72. The van der Waals surface area contributed by atoms with Crippen molar-refractivity contribution in [2.75, 3.05) is 0 Å². The highest BCUT2D eigenvalue weighted by Crippen LogP contribution is 2.24. The fraction of sp³-hybridized carbons (Fsp3) is 0.500. The van der Waals surface area contributed by atoms with E-state index < -0.39 is 0 Å². The molecule has 0 aliphatic carbocycles. The second-order valence-corrected chi connectivity index (χ2v) is 5.83. The smallest absolute Gasteiger partial charge is 0.191 e. The Kier molecular flexibility index (Phi) is 3.98. The number of fused-ring (bicyclic) bond motifs is 1. The van der Waals surface area contributed by atoms with Gasteiger partial charge in [0.15, 0.2) is 10.3 Å². The molecule has 5 nitrogen and oxygen atoms in total. The lowest BCUT2D eigenvalue weighted by Crippen LogP contribution is -2.02. The molecule has 0 spiro atoms. The molecule has 0 unspecified atom stereocenters. The van der Waals surface area contributed by atoms with Crippen LogP contribution in [0, 0.1) is 0 Å². The molecule has 0 amide bonds. The van der Waals surface area contributed by atoms with Gasteiger partial charge in [0.1, 0.15) is 5.82 Å². The van der Waals surface area contributed by atoms with Crippen molar-refractivity contribution in [3.05, 3.63) is 28.8 Å². The normalized spacial score (nSPS) is 15.0. The van der Waals surface area contributed by atoms with E-state index in [4.69, 9.17) is 11.6 Å². The molecule has 1 aliphatic rings. The van der Waals surface area contributed by atoms with Crippen LogP contribution < -0.4 is 0 Å². The van der Waals surface area contributed by atoms with E-state index in [1.54, 1.807) is 17.8 Å². The molecule has 7 heteroatoms. The van der Waals surface area contributed by atoms with E-state index in [1.165, 1.54) is 19.3 Å². The summed E-state index contributed by atoms with van der Waals surface area (Å²) < 4.78 is 2.24. The van der Waals surface area contributed by atoms with Gasteiger partial charge in [0, 0.05) is 18.7 Å². The number of hydrogen-bond donors (Lipinski definition) is 0. The second kappa shape index (κ2) is 5.88. The molecule has 0 saturated heterocycles. The van der Waals surface area contributed by atoms with Crippen molar-refractivity contribution in [3.8, 4) is 0 Å². The van der Waals surface area contributed by atoms with Crippen molar-refractivity contribution < 1.29 is 0 Å². The lowest BCUT2D eigenvalue weighted by molar-refractivity contribution is 0.591. The summed E-state index contributed by atoms with van der Waals surface area (Å²) in [4.78, 5) is 0. The zero-order chi connectivity index (χ0) is 13.1. The van der Waals surface area contributed by atoms with Gasteiger partial charge >= 0.3 is 0 Å². The molecule has 1 aliphatic heterocycles. The molecule has 0 saturated carbocycles. The first-order chi connectivity index (χ1) is 9.33. The van der Waals surface area contributed by atoms with Crippen molar-refractivity contribution in [1.29, 1.82) is 0 Å². The number of thioether (sulfide) groups is 1. The largest absolute Gasteiger partial charge is 0.306 e. The lowest BCUT2D eigenvalue weighted by Gasteiger charge is -2.05. The van der Waals surface area contributed by atoms with Crippen molar-refractivity contribution in [2.45, 2.75) is 43.1 Å². The van der Waals surface area contributed by atoms with E-state index in [-0.39, 0.29) is 0 Å². The zero-order valence-corrected chi connectivity index (χ0v) is 12.0. The monoisotopic (exact) mass is 295 g/mol. The van der Waals surface area contributed by atoms with Crippen LogP contribution in [0.4, 0.5) is 0 Å². The maximum absolute atomic E-state index is 5.72. The maximum atomic E-state index is 5.72. The minimum Gasteiger partial charge on any atom is -0.306 e. The molecule has 2 aromatic rings. The summed E-state index contributed by atoms with van der Waals surface area (Å²) in [7, 11) is 0. The minimum atomic E-state index is 0.421.